The second-order valence-corrected chi connectivity index (χ2v) is 11.5. The SMILES string of the molecule is CC[C@@H](c1cccc(C#N)c1)n1c(COC(C)C)nc(=O)c(S(=O)(=O)c2ccc(-c3ccncc3C)cc2)c1O. The highest BCUT2D eigenvalue weighted by atomic mass is 32.2. The fourth-order valence-corrected chi connectivity index (χ4v) is 5.91. The Kier molecular flexibility index (Phi) is 8.47. The van der Waals surface area contributed by atoms with Crippen LogP contribution in [0.5, 0.6) is 5.88 Å². The molecule has 0 unspecified atom stereocenters. The Morgan fingerprint density at radius 1 is 1.12 bits per heavy atom. The number of hydrogen-bond acceptors (Lipinski definition) is 8. The molecule has 9 nitrogen and oxygen atoms in total. The number of pyridine rings is 1. The standard InChI is InChI=1S/C30H30N4O5S/c1-5-26(23-8-6-7-21(15-23)16-31)34-27(18-39-19(2)3)33-29(35)28(30(34)36)40(37,38)24-11-9-22(10-12-24)25-13-14-32-17-20(25)4/h6-15,17,19,26,36H,5,18H2,1-4H3/t26-/m0/s1. The highest BCUT2D eigenvalue weighted by Crippen LogP contribution is 2.34. The highest BCUT2D eigenvalue weighted by Gasteiger charge is 2.32. The van der Waals surface area contributed by atoms with E-state index in [0.717, 1.165) is 16.7 Å². The van der Waals surface area contributed by atoms with Gasteiger partial charge in [0.1, 0.15) is 12.4 Å². The second kappa shape index (κ2) is 11.8. The Balaban J connectivity index is 1.88. The van der Waals surface area contributed by atoms with Gasteiger partial charge in [0.15, 0.2) is 4.90 Å². The zero-order valence-electron chi connectivity index (χ0n) is 22.7. The molecular formula is C30H30N4O5S. The molecule has 2 heterocycles. The monoisotopic (exact) mass is 558 g/mol. The molecule has 0 radical (unpaired) electrons. The first-order chi connectivity index (χ1) is 19.1. The summed E-state index contributed by atoms with van der Waals surface area (Å²) in [5, 5.41) is 20.9. The Morgan fingerprint density at radius 3 is 2.48 bits per heavy atom. The Morgan fingerprint density at radius 2 is 1.85 bits per heavy atom. The maximum Gasteiger partial charge on any atom is 0.296 e. The number of hydrogen-bond donors (Lipinski definition) is 1. The van der Waals surface area contributed by atoms with Crippen LogP contribution >= 0.6 is 0 Å². The molecule has 10 heteroatoms. The lowest BCUT2D eigenvalue weighted by Crippen LogP contribution is -2.28. The van der Waals surface area contributed by atoms with Crippen molar-refractivity contribution in [3.05, 3.63) is 99.9 Å². The molecule has 40 heavy (non-hydrogen) atoms. The van der Waals surface area contributed by atoms with E-state index >= 15 is 0 Å². The zero-order valence-corrected chi connectivity index (χ0v) is 23.5. The largest absolute Gasteiger partial charge is 0.493 e. The van der Waals surface area contributed by atoms with Crippen LogP contribution in [0.1, 0.15) is 55.7 Å². The number of ether oxygens (including phenoxy) is 1. The van der Waals surface area contributed by atoms with E-state index in [1.54, 1.807) is 48.8 Å². The number of rotatable bonds is 9. The van der Waals surface area contributed by atoms with Gasteiger partial charge in [-0.1, -0.05) is 31.2 Å². The number of aromatic nitrogens is 3. The van der Waals surface area contributed by atoms with Crippen molar-refractivity contribution in [1.82, 2.24) is 14.5 Å². The molecule has 0 aliphatic heterocycles. The van der Waals surface area contributed by atoms with E-state index in [2.05, 4.69) is 16.0 Å². The first kappa shape index (κ1) is 28.7. The molecule has 0 amide bonds. The normalized spacial score (nSPS) is 12.3. The van der Waals surface area contributed by atoms with Crippen molar-refractivity contribution in [2.24, 2.45) is 0 Å². The molecule has 1 N–H and O–H groups in total. The van der Waals surface area contributed by atoms with Gasteiger partial charge in [-0.15, -0.1) is 0 Å². The van der Waals surface area contributed by atoms with Crippen LogP contribution in [0.4, 0.5) is 0 Å². The predicted molar refractivity (Wildman–Crippen MR) is 150 cm³/mol. The lowest BCUT2D eigenvalue weighted by Gasteiger charge is -2.25. The van der Waals surface area contributed by atoms with Crippen LogP contribution in [0, 0.1) is 18.3 Å². The first-order valence-corrected chi connectivity index (χ1v) is 14.3. The topological polar surface area (TPSA) is 135 Å². The molecule has 1 atom stereocenters. The average molecular weight is 559 g/mol. The third kappa shape index (κ3) is 5.66. The van der Waals surface area contributed by atoms with E-state index in [0.29, 0.717) is 17.5 Å². The summed E-state index contributed by atoms with van der Waals surface area (Å²) in [6.07, 6.45) is 3.56. The van der Waals surface area contributed by atoms with Gasteiger partial charge in [0, 0.05) is 12.4 Å². The van der Waals surface area contributed by atoms with Crippen LogP contribution in [-0.2, 0) is 21.2 Å². The van der Waals surface area contributed by atoms with Gasteiger partial charge in [0.05, 0.1) is 28.7 Å². The van der Waals surface area contributed by atoms with Crippen LogP contribution < -0.4 is 5.56 Å². The van der Waals surface area contributed by atoms with Crippen molar-refractivity contribution < 1.29 is 18.3 Å². The van der Waals surface area contributed by atoms with Gasteiger partial charge in [0.2, 0.25) is 15.7 Å². The lowest BCUT2D eigenvalue weighted by molar-refractivity contribution is 0.0571. The molecule has 4 rings (SSSR count). The van der Waals surface area contributed by atoms with Gasteiger partial charge >= 0.3 is 0 Å². The number of aryl methyl sites for hydroxylation is 1. The van der Waals surface area contributed by atoms with E-state index in [1.807, 2.05) is 33.8 Å². The van der Waals surface area contributed by atoms with E-state index < -0.39 is 32.2 Å². The second-order valence-electron chi connectivity index (χ2n) is 9.60. The van der Waals surface area contributed by atoms with E-state index in [4.69, 9.17) is 4.74 Å². The van der Waals surface area contributed by atoms with Crippen molar-refractivity contribution in [3.63, 3.8) is 0 Å². The summed E-state index contributed by atoms with van der Waals surface area (Å²) in [5.41, 5.74) is 2.57. The van der Waals surface area contributed by atoms with Gasteiger partial charge in [0.25, 0.3) is 5.56 Å². The van der Waals surface area contributed by atoms with Gasteiger partial charge in [-0.2, -0.15) is 10.2 Å². The molecular weight excluding hydrogens is 528 g/mol. The number of aromatic hydroxyl groups is 1. The van der Waals surface area contributed by atoms with Crippen molar-refractivity contribution in [2.75, 3.05) is 0 Å². The van der Waals surface area contributed by atoms with Gasteiger partial charge in [-0.25, -0.2) is 8.42 Å². The average Bonchev–Trinajstić information content (AvgIpc) is 2.94. The van der Waals surface area contributed by atoms with Crippen LogP contribution in [0.25, 0.3) is 11.1 Å². The van der Waals surface area contributed by atoms with Crippen LogP contribution in [0.15, 0.2) is 81.6 Å². The molecule has 0 saturated carbocycles. The minimum atomic E-state index is -4.47. The molecule has 0 fully saturated rings. The summed E-state index contributed by atoms with van der Waals surface area (Å²) in [6, 6.07) is 16.2. The maximum absolute atomic E-state index is 13.8. The summed E-state index contributed by atoms with van der Waals surface area (Å²) in [4.78, 5) is 20.4. The van der Waals surface area contributed by atoms with E-state index in [-0.39, 0.29) is 23.4 Å². The minimum Gasteiger partial charge on any atom is -0.493 e. The molecule has 0 spiro atoms. The van der Waals surface area contributed by atoms with E-state index in [9.17, 15) is 23.6 Å². The summed E-state index contributed by atoms with van der Waals surface area (Å²) in [5.74, 6) is -0.654. The fraction of sp³-hybridized carbons (Fsp3) is 0.267. The molecule has 0 bridgehead atoms. The molecule has 0 saturated heterocycles. The number of sulfone groups is 1. The smallest absolute Gasteiger partial charge is 0.296 e. The predicted octanol–water partition coefficient (Wildman–Crippen LogP) is 4.95. The minimum absolute atomic E-state index is 0.0767. The summed E-state index contributed by atoms with van der Waals surface area (Å²) in [7, 11) is -4.47. The Labute approximate surface area is 233 Å². The van der Waals surface area contributed by atoms with Crippen molar-refractivity contribution in [2.45, 2.75) is 62.7 Å². The van der Waals surface area contributed by atoms with Crippen molar-refractivity contribution in [1.29, 1.82) is 5.26 Å². The Hall–Kier alpha value is -4.33. The maximum atomic E-state index is 13.8. The van der Waals surface area contributed by atoms with E-state index in [1.165, 1.54) is 16.7 Å². The fourth-order valence-electron chi connectivity index (χ4n) is 4.57. The highest BCUT2D eigenvalue weighted by molar-refractivity contribution is 7.91. The molecule has 2 aromatic heterocycles. The third-order valence-electron chi connectivity index (χ3n) is 6.54. The number of nitrogens with zero attached hydrogens (tertiary/aromatic N) is 4. The summed E-state index contributed by atoms with van der Waals surface area (Å²) >= 11 is 0. The summed E-state index contributed by atoms with van der Waals surface area (Å²) in [6.45, 7) is 7.25. The summed E-state index contributed by atoms with van der Waals surface area (Å²) < 4.78 is 34.6. The molecule has 4 aromatic rings. The quantitative estimate of drug-likeness (QED) is 0.305. The zero-order chi connectivity index (χ0) is 29.0. The number of benzene rings is 2. The molecule has 0 aliphatic carbocycles. The van der Waals surface area contributed by atoms with Gasteiger partial charge < -0.3 is 9.84 Å². The number of nitriles is 1. The van der Waals surface area contributed by atoms with Crippen LogP contribution in [-0.4, -0.2) is 34.2 Å². The van der Waals surface area contributed by atoms with Crippen LogP contribution in [0.2, 0.25) is 0 Å². The first-order valence-electron chi connectivity index (χ1n) is 12.8. The van der Waals surface area contributed by atoms with Crippen LogP contribution in [0.3, 0.4) is 0 Å². The lowest BCUT2D eigenvalue weighted by atomic mass is 10.0. The molecule has 206 valence electrons. The van der Waals surface area contributed by atoms with Crippen molar-refractivity contribution in [3.8, 4) is 23.1 Å². The Bertz CT molecular complexity index is 1740. The molecule has 2 aromatic carbocycles. The third-order valence-corrected chi connectivity index (χ3v) is 8.33. The molecule has 0 aliphatic rings. The van der Waals surface area contributed by atoms with Crippen molar-refractivity contribution >= 4 is 9.84 Å². The van der Waals surface area contributed by atoms with Gasteiger partial charge in [-0.3, -0.25) is 14.3 Å². The van der Waals surface area contributed by atoms with Gasteiger partial charge in [-0.05, 0) is 79.8 Å².